The number of hydrogen-bond acceptors (Lipinski definition) is 4. The lowest BCUT2D eigenvalue weighted by molar-refractivity contribution is 0.976. The zero-order valence-corrected chi connectivity index (χ0v) is 13.0. The van der Waals surface area contributed by atoms with Crippen LogP contribution in [0.1, 0.15) is 5.56 Å². The number of thioether (sulfide) groups is 1. The van der Waals surface area contributed by atoms with Crippen molar-refractivity contribution in [1.29, 1.82) is 0 Å². The van der Waals surface area contributed by atoms with E-state index in [0.717, 1.165) is 10.2 Å². The van der Waals surface area contributed by atoms with Gasteiger partial charge in [0, 0.05) is 10.5 Å². The topological polar surface area (TPSA) is 37.8 Å². The van der Waals surface area contributed by atoms with E-state index in [4.69, 9.17) is 11.6 Å². The number of halogens is 2. The minimum atomic E-state index is 0.431. The van der Waals surface area contributed by atoms with E-state index in [9.17, 15) is 0 Å². The summed E-state index contributed by atoms with van der Waals surface area (Å²) in [6, 6.07) is 7.78. The maximum absolute atomic E-state index is 5.95. The van der Waals surface area contributed by atoms with E-state index in [1.807, 2.05) is 31.4 Å². The van der Waals surface area contributed by atoms with Gasteiger partial charge in [-0.2, -0.15) is 0 Å². The van der Waals surface area contributed by atoms with Crippen LogP contribution in [0.5, 0.6) is 0 Å². The van der Waals surface area contributed by atoms with Crippen LogP contribution in [-0.4, -0.2) is 16.2 Å². The van der Waals surface area contributed by atoms with E-state index in [0.29, 0.717) is 16.1 Å². The number of aryl methyl sites for hydroxylation is 1. The molecule has 18 heavy (non-hydrogen) atoms. The molecule has 0 aliphatic heterocycles. The molecule has 0 spiro atoms. The summed E-state index contributed by atoms with van der Waals surface area (Å²) in [7, 11) is 0. The molecule has 6 heteroatoms. The quantitative estimate of drug-likeness (QED) is 0.499. The van der Waals surface area contributed by atoms with Crippen LogP contribution in [0.15, 0.2) is 33.9 Å². The van der Waals surface area contributed by atoms with Crippen LogP contribution in [0.4, 0.5) is 11.5 Å². The molecule has 3 nitrogen and oxygen atoms in total. The Hall–Kier alpha value is -0.780. The molecule has 1 aromatic carbocycles. The summed E-state index contributed by atoms with van der Waals surface area (Å²) in [6.07, 6.45) is 1.91. The Labute approximate surface area is 124 Å². The summed E-state index contributed by atoms with van der Waals surface area (Å²) in [5.74, 6) is 0.686. The Bertz CT molecular complexity index is 577. The number of nitrogens with zero attached hydrogens (tertiary/aromatic N) is 2. The molecular formula is C12H11BrClN3S. The van der Waals surface area contributed by atoms with Crippen LogP contribution in [0.2, 0.25) is 5.15 Å². The van der Waals surface area contributed by atoms with Crippen LogP contribution in [0.3, 0.4) is 0 Å². The van der Waals surface area contributed by atoms with Crippen molar-refractivity contribution in [2.24, 2.45) is 0 Å². The second kappa shape index (κ2) is 5.91. The van der Waals surface area contributed by atoms with Crippen molar-refractivity contribution in [2.75, 3.05) is 11.6 Å². The van der Waals surface area contributed by atoms with Gasteiger partial charge in [0.25, 0.3) is 0 Å². The number of hydrogen-bond donors (Lipinski definition) is 1. The van der Waals surface area contributed by atoms with E-state index in [1.165, 1.54) is 17.3 Å². The van der Waals surface area contributed by atoms with Crippen LogP contribution in [0, 0.1) is 6.92 Å². The Morgan fingerprint density at radius 3 is 2.78 bits per heavy atom. The highest BCUT2D eigenvalue weighted by Crippen LogP contribution is 2.27. The third-order valence-electron chi connectivity index (χ3n) is 2.24. The van der Waals surface area contributed by atoms with E-state index in [1.54, 1.807) is 6.07 Å². The van der Waals surface area contributed by atoms with Crippen LogP contribution >= 0.6 is 39.3 Å². The lowest BCUT2D eigenvalue weighted by Gasteiger charge is -2.09. The molecule has 0 aliphatic carbocycles. The maximum atomic E-state index is 5.95. The van der Waals surface area contributed by atoms with Crippen molar-refractivity contribution in [1.82, 2.24) is 9.97 Å². The highest BCUT2D eigenvalue weighted by Gasteiger charge is 2.05. The fraction of sp³-hybridized carbons (Fsp3) is 0.167. The molecule has 0 atom stereocenters. The SMILES string of the molecule is CSc1nc(Cl)cc(Nc2cc(C)ccc2Br)n1. The zero-order valence-electron chi connectivity index (χ0n) is 9.87. The third kappa shape index (κ3) is 3.37. The van der Waals surface area contributed by atoms with E-state index in [2.05, 4.69) is 31.2 Å². The van der Waals surface area contributed by atoms with Crippen molar-refractivity contribution >= 4 is 50.8 Å². The first-order valence-electron chi connectivity index (χ1n) is 5.20. The molecular weight excluding hydrogens is 334 g/mol. The third-order valence-corrected chi connectivity index (χ3v) is 3.67. The van der Waals surface area contributed by atoms with Crippen molar-refractivity contribution in [3.05, 3.63) is 39.5 Å². The second-order valence-electron chi connectivity index (χ2n) is 3.67. The lowest BCUT2D eigenvalue weighted by Crippen LogP contribution is -1.97. The molecule has 0 unspecified atom stereocenters. The van der Waals surface area contributed by atoms with Crippen LogP contribution in [-0.2, 0) is 0 Å². The Morgan fingerprint density at radius 1 is 1.28 bits per heavy atom. The van der Waals surface area contributed by atoms with Crippen molar-refractivity contribution < 1.29 is 0 Å². The molecule has 0 aliphatic rings. The summed E-state index contributed by atoms with van der Waals surface area (Å²) in [4.78, 5) is 8.45. The molecule has 0 saturated carbocycles. The molecule has 2 rings (SSSR count). The first-order chi connectivity index (χ1) is 8.58. The minimum absolute atomic E-state index is 0.431. The van der Waals surface area contributed by atoms with E-state index < -0.39 is 0 Å². The average Bonchev–Trinajstić information content (AvgIpc) is 2.33. The summed E-state index contributed by atoms with van der Waals surface area (Å²) in [5, 5.41) is 4.31. The van der Waals surface area contributed by atoms with E-state index in [-0.39, 0.29) is 0 Å². The molecule has 0 radical (unpaired) electrons. The van der Waals surface area contributed by atoms with Gasteiger partial charge < -0.3 is 5.32 Å². The number of nitrogens with one attached hydrogen (secondary N) is 1. The number of aromatic nitrogens is 2. The predicted octanol–water partition coefficient (Wildman–Crippen LogP) is 4.67. The molecule has 1 N–H and O–H groups in total. The Morgan fingerprint density at radius 2 is 2.06 bits per heavy atom. The molecule has 94 valence electrons. The van der Waals surface area contributed by atoms with Gasteiger partial charge in [-0.25, -0.2) is 9.97 Å². The normalized spacial score (nSPS) is 10.4. The summed E-state index contributed by atoms with van der Waals surface area (Å²) < 4.78 is 0.980. The monoisotopic (exact) mass is 343 g/mol. The summed E-state index contributed by atoms with van der Waals surface area (Å²) in [5.41, 5.74) is 2.13. The first-order valence-corrected chi connectivity index (χ1v) is 7.60. The fourth-order valence-electron chi connectivity index (χ4n) is 1.42. The second-order valence-corrected chi connectivity index (χ2v) is 5.69. The maximum Gasteiger partial charge on any atom is 0.190 e. The molecule has 1 aromatic heterocycles. The summed E-state index contributed by atoms with van der Waals surface area (Å²) >= 11 is 10.9. The van der Waals surface area contributed by atoms with Crippen molar-refractivity contribution in [3.8, 4) is 0 Å². The molecule has 2 aromatic rings. The van der Waals surface area contributed by atoms with E-state index >= 15 is 0 Å². The van der Waals surface area contributed by atoms with Gasteiger partial charge in [0.2, 0.25) is 0 Å². The standard InChI is InChI=1S/C12H11BrClN3S/c1-7-3-4-8(13)9(5-7)15-11-6-10(14)16-12(17-11)18-2/h3-6H,1-2H3,(H,15,16,17). The zero-order chi connectivity index (χ0) is 13.1. The van der Waals surface area contributed by atoms with Gasteiger partial charge in [0.05, 0.1) is 5.69 Å². The van der Waals surface area contributed by atoms with Crippen LogP contribution < -0.4 is 5.32 Å². The number of anilines is 2. The van der Waals surface area contributed by atoms with Gasteiger partial charge in [-0.05, 0) is 46.8 Å². The van der Waals surface area contributed by atoms with Crippen molar-refractivity contribution in [2.45, 2.75) is 12.1 Å². The van der Waals surface area contributed by atoms with Gasteiger partial charge in [0.15, 0.2) is 5.16 Å². The molecule has 0 amide bonds. The van der Waals surface area contributed by atoms with Gasteiger partial charge in [-0.3, -0.25) is 0 Å². The lowest BCUT2D eigenvalue weighted by atomic mass is 10.2. The average molecular weight is 345 g/mol. The highest BCUT2D eigenvalue weighted by molar-refractivity contribution is 9.10. The highest BCUT2D eigenvalue weighted by atomic mass is 79.9. The fourth-order valence-corrected chi connectivity index (χ4v) is 2.38. The van der Waals surface area contributed by atoms with Gasteiger partial charge >= 0.3 is 0 Å². The Balaban J connectivity index is 2.33. The van der Waals surface area contributed by atoms with Gasteiger partial charge in [-0.15, -0.1) is 0 Å². The Kier molecular flexibility index (Phi) is 4.48. The molecule has 0 bridgehead atoms. The molecule has 0 saturated heterocycles. The predicted molar refractivity (Wildman–Crippen MR) is 81.0 cm³/mol. The first kappa shape index (κ1) is 13.6. The van der Waals surface area contributed by atoms with Crippen molar-refractivity contribution in [3.63, 3.8) is 0 Å². The smallest absolute Gasteiger partial charge is 0.190 e. The number of rotatable bonds is 3. The molecule has 0 fully saturated rings. The van der Waals surface area contributed by atoms with Crippen LogP contribution in [0.25, 0.3) is 0 Å². The van der Waals surface area contributed by atoms with Gasteiger partial charge in [0.1, 0.15) is 11.0 Å². The largest absolute Gasteiger partial charge is 0.339 e. The van der Waals surface area contributed by atoms with Gasteiger partial charge in [-0.1, -0.05) is 29.4 Å². The molecule has 1 heterocycles. The summed E-state index contributed by atoms with van der Waals surface area (Å²) in [6.45, 7) is 2.04. The number of benzene rings is 1. The minimum Gasteiger partial charge on any atom is -0.339 e.